The first-order valence-electron chi connectivity index (χ1n) is 10.2. The standard InChI is InChI=1S/C22H21BrFN5O4/c1-33-21-14(24)10-28(20(21)16(30)9-12-5-4-8-17(23)26-12)18(31)11-29-15-7-3-2-6-13(15)19(27-29)22(25)32/h2-8,14,20-21H,9-11H2,1H3,(H2,25,32)/t14-,20+,21+/m0/s1. The molecule has 1 fully saturated rings. The Hall–Kier alpha value is -3.18. The monoisotopic (exact) mass is 517 g/mol. The zero-order valence-corrected chi connectivity index (χ0v) is 19.2. The Bertz CT molecular complexity index is 1230. The summed E-state index contributed by atoms with van der Waals surface area (Å²) in [6.07, 6.45) is -2.71. The molecule has 0 radical (unpaired) electrons. The van der Waals surface area contributed by atoms with E-state index < -0.39 is 30.1 Å². The molecule has 0 spiro atoms. The molecule has 3 atom stereocenters. The second-order valence-corrected chi connectivity index (χ2v) is 8.50. The lowest BCUT2D eigenvalue weighted by Crippen LogP contribution is -2.47. The molecule has 0 bridgehead atoms. The van der Waals surface area contributed by atoms with E-state index in [4.69, 9.17) is 10.5 Å². The first-order valence-corrected chi connectivity index (χ1v) is 10.9. The molecule has 172 valence electrons. The minimum Gasteiger partial charge on any atom is -0.376 e. The molecular weight excluding hydrogens is 497 g/mol. The van der Waals surface area contributed by atoms with Crippen LogP contribution < -0.4 is 5.73 Å². The third kappa shape index (κ3) is 4.51. The molecule has 2 amide bonds. The largest absolute Gasteiger partial charge is 0.376 e. The van der Waals surface area contributed by atoms with Gasteiger partial charge < -0.3 is 15.4 Å². The van der Waals surface area contributed by atoms with Gasteiger partial charge in [-0.2, -0.15) is 5.10 Å². The fourth-order valence-electron chi connectivity index (χ4n) is 4.15. The van der Waals surface area contributed by atoms with Crippen molar-refractivity contribution in [3.63, 3.8) is 0 Å². The zero-order chi connectivity index (χ0) is 23.7. The van der Waals surface area contributed by atoms with Gasteiger partial charge in [0.1, 0.15) is 29.5 Å². The van der Waals surface area contributed by atoms with Crippen molar-refractivity contribution in [2.24, 2.45) is 5.73 Å². The molecule has 1 aliphatic rings. The molecule has 2 N–H and O–H groups in total. The summed E-state index contributed by atoms with van der Waals surface area (Å²) in [5.74, 6) is -1.64. The van der Waals surface area contributed by atoms with Gasteiger partial charge in [0, 0.05) is 18.2 Å². The number of para-hydroxylation sites is 1. The summed E-state index contributed by atoms with van der Waals surface area (Å²) < 4.78 is 21.9. The highest BCUT2D eigenvalue weighted by Crippen LogP contribution is 2.27. The van der Waals surface area contributed by atoms with Gasteiger partial charge in [-0.1, -0.05) is 24.3 Å². The van der Waals surface area contributed by atoms with Gasteiger partial charge in [-0.3, -0.25) is 19.1 Å². The van der Waals surface area contributed by atoms with E-state index in [1.165, 1.54) is 16.7 Å². The number of alkyl halides is 1. The lowest BCUT2D eigenvalue weighted by atomic mass is 10.0. The number of primary amides is 1. The molecule has 11 heteroatoms. The van der Waals surface area contributed by atoms with Crippen molar-refractivity contribution in [2.75, 3.05) is 13.7 Å². The number of carbonyl (C=O) groups is 3. The van der Waals surface area contributed by atoms with E-state index in [1.807, 2.05) is 0 Å². The van der Waals surface area contributed by atoms with Crippen molar-refractivity contribution in [3.05, 3.63) is 58.5 Å². The quantitative estimate of drug-likeness (QED) is 0.476. The van der Waals surface area contributed by atoms with E-state index in [-0.39, 0.29) is 31.0 Å². The van der Waals surface area contributed by atoms with Crippen LogP contribution in [0.4, 0.5) is 4.39 Å². The summed E-state index contributed by atoms with van der Waals surface area (Å²) in [6.45, 7) is -0.586. The van der Waals surface area contributed by atoms with Crippen LogP contribution in [0.2, 0.25) is 0 Å². The zero-order valence-electron chi connectivity index (χ0n) is 17.6. The molecule has 2 aromatic heterocycles. The van der Waals surface area contributed by atoms with Crippen LogP contribution in [-0.4, -0.2) is 69.2 Å². The molecule has 4 rings (SSSR count). The maximum atomic E-state index is 14.7. The van der Waals surface area contributed by atoms with Crippen molar-refractivity contribution in [1.82, 2.24) is 19.7 Å². The van der Waals surface area contributed by atoms with Crippen LogP contribution in [0.1, 0.15) is 16.2 Å². The van der Waals surface area contributed by atoms with E-state index >= 15 is 0 Å². The highest BCUT2D eigenvalue weighted by molar-refractivity contribution is 9.10. The smallest absolute Gasteiger partial charge is 0.269 e. The third-order valence-electron chi connectivity index (χ3n) is 5.60. The topological polar surface area (TPSA) is 120 Å². The molecule has 0 unspecified atom stereocenters. The number of nitrogens with two attached hydrogens (primary N) is 1. The van der Waals surface area contributed by atoms with E-state index in [1.54, 1.807) is 42.5 Å². The normalized spacial score (nSPS) is 20.3. The van der Waals surface area contributed by atoms with Crippen LogP contribution in [0, 0.1) is 0 Å². The second kappa shape index (κ2) is 9.36. The van der Waals surface area contributed by atoms with Crippen molar-refractivity contribution >= 4 is 44.4 Å². The number of pyridine rings is 1. The number of Topliss-reactive ketones (excluding diaryl/α,β-unsaturated/α-hetero) is 1. The molecule has 1 aromatic carbocycles. The van der Waals surface area contributed by atoms with E-state index in [9.17, 15) is 18.8 Å². The number of fused-ring (bicyclic) bond motifs is 1. The Kier molecular flexibility index (Phi) is 6.52. The molecule has 0 saturated carbocycles. The highest BCUT2D eigenvalue weighted by Gasteiger charge is 2.48. The maximum absolute atomic E-state index is 14.7. The minimum atomic E-state index is -1.53. The van der Waals surface area contributed by atoms with Crippen molar-refractivity contribution in [2.45, 2.75) is 31.3 Å². The van der Waals surface area contributed by atoms with Crippen molar-refractivity contribution in [3.8, 4) is 0 Å². The summed E-state index contributed by atoms with van der Waals surface area (Å²) in [5.41, 5.74) is 6.47. The van der Waals surface area contributed by atoms with Gasteiger partial charge in [0.05, 0.1) is 18.5 Å². The van der Waals surface area contributed by atoms with Crippen LogP contribution in [0.15, 0.2) is 47.1 Å². The van der Waals surface area contributed by atoms with E-state index in [0.29, 0.717) is 21.2 Å². The van der Waals surface area contributed by atoms with Crippen LogP contribution in [0.3, 0.4) is 0 Å². The number of likely N-dealkylation sites (tertiary alicyclic amines) is 1. The Labute approximate surface area is 196 Å². The number of aromatic nitrogens is 3. The summed E-state index contributed by atoms with van der Waals surface area (Å²) in [7, 11) is 1.31. The number of benzene rings is 1. The number of amides is 2. The molecule has 3 heterocycles. The van der Waals surface area contributed by atoms with Gasteiger partial charge in [-0.05, 0) is 34.1 Å². The summed E-state index contributed by atoms with van der Waals surface area (Å²) in [5, 5.41) is 4.68. The number of hydrogen-bond donors (Lipinski definition) is 1. The lowest BCUT2D eigenvalue weighted by Gasteiger charge is -2.26. The fraction of sp³-hybridized carbons (Fsp3) is 0.318. The third-order valence-corrected chi connectivity index (χ3v) is 6.04. The van der Waals surface area contributed by atoms with E-state index in [2.05, 4.69) is 26.0 Å². The summed E-state index contributed by atoms with van der Waals surface area (Å²) in [6, 6.07) is 10.9. The number of nitrogens with zero attached hydrogens (tertiary/aromatic N) is 4. The van der Waals surface area contributed by atoms with Gasteiger partial charge in [0.15, 0.2) is 11.5 Å². The van der Waals surface area contributed by atoms with Crippen molar-refractivity contribution in [1.29, 1.82) is 0 Å². The molecule has 0 aliphatic carbocycles. The number of methoxy groups -OCH3 is 1. The van der Waals surface area contributed by atoms with Gasteiger partial charge >= 0.3 is 0 Å². The number of halogens is 2. The highest BCUT2D eigenvalue weighted by atomic mass is 79.9. The van der Waals surface area contributed by atoms with E-state index in [0.717, 1.165) is 0 Å². The molecule has 1 saturated heterocycles. The molecule has 9 nitrogen and oxygen atoms in total. The van der Waals surface area contributed by atoms with Crippen LogP contribution in [0.25, 0.3) is 10.9 Å². The number of carbonyl (C=O) groups excluding carboxylic acids is 3. The van der Waals surface area contributed by atoms with Crippen LogP contribution >= 0.6 is 15.9 Å². The Morgan fingerprint density at radius 3 is 2.67 bits per heavy atom. The molecular formula is C22H21BrFN5O4. The van der Waals surface area contributed by atoms with Crippen LogP contribution in [0.5, 0.6) is 0 Å². The summed E-state index contributed by atoms with van der Waals surface area (Å²) in [4.78, 5) is 43.5. The fourth-order valence-corrected chi connectivity index (χ4v) is 4.53. The Morgan fingerprint density at radius 1 is 1.21 bits per heavy atom. The number of ketones is 1. The van der Waals surface area contributed by atoms with Gasteiger partial charge in [0.2, 0.25) is 5.91 Å². The number of ether oxygens (including phenoxy) is 1. The van der Waals surface area contributed by atoms with Crippen molar-refractivity contribution < 1.29 is 23.5 Å². The average Bonchev–Trinajstić information content (AvgIpc) is 3.31. The summed E-state index contributed by atoms with van der Waals surface area (Å²) >= 11 is 3.26. The van der Waals surface area contributed by atoms with Crippen LogP contribution in [-0.2, 0) is 27.3 Å². The molecule has 3 aromatic rings. The number of hydrogen-bond acceptors (Lipinski definition) is 6. The Balaban J connectivity index is 1.61. The Morgan fingerprint density at radius 2 is 1.97 bits per heavy atom. The molecule has 33 heavy (non-hydrogen) atoms. The second-order valence-electron chi connectivity index (χ2n) is 7.69. The lowest BCUT2D eigenvalue weighted by molar-refractivity contribution is -0.140. The minimum absolute atomic E-state index is 0.0336. The molecule has 1 aliphatic heterocycles. The predicted octanol–water partition coefficient (Wildman–Crippen LogP) is 1.67. The average molecular weight is 518 g/mol. The maximum Gasteiger partial charge on any atom is 0.269 e. The van der Waals surface area contributed by atoms with Gasteiger partial charge in [-0.15, -0.1) is 0 Å². The first-order chi connectivity index (χ1) is 15.8. The number of rotatable bonds is 7. The van der Waals surface area contributed by atoms with Gasteiger partial charge in [0.25, 0.3) is 5.91 Å². The SMILES string of the molecule is CO[C@H]1[C@@H](C(=O)Cc2cccc(Br)n2)N(C(=O)Cn2nc(C(N)=O)c3ccccc32)C[C@@H]1F. The first kappa shape index (κ1) is 23.0. The predicted molar refractivity (Wildman–Crippen MR) is 120 cm³/mol. The van der Waals surface area contributed by atoms with Gasteiger partial charge in [-0.25, -0.2) is 9.37 Å².